The first kappa shape index (κ1) is 12.6. The molecule has 1 aromatic rings. The molecule has 0 aliphatic heterocycles. The van der Waals surface area contributed by atoms with Crippen LogP contribution >= 0.6 is 0 Å². The fourth-order valence-corrected chi connectivity index (χ4v) is 1.56. The van der Waals surface area contributed by atoms with Crippen molar-refractivity contribution in [2.24, 2.45) is 0 Å². The van der Waals surface area contributed by atoms with E-state index in [1.807, 2.05) is 26.0 Å². The number of hydrogen-bond acceptors (Lipinski definition) is 3. The Bertz CT molecular complexity index is 352. The lowest BCUT2D eigenvalue weighted by atomic mass is 10.1. The van der Waals surface area contributed by atoms with Crippen molar-refractivity contribution in [3.05, 3.63) is 29.6 Å². The molecule has 1 unspecified atom stereocenters. The predicted octanol–water partition coefficient (Wildman–Crippen LogP) is 0.657. The number of rotatable bonds is 5. The van der Waals surface area contributed by atoms with Gasteiger partial charge in [0.15, 0.2) is 0 Å². The van der Waals surface area contributed by atoms with Crippen molar-refractivity contribution < 1.29 is 4.79 Å². The van der Waals surface area contributed by atoms with Crippen molar-refractivity contribution in [1.82, 2.24) is 15.6 Å². The monoisotopic (exact) mass is 221 g/mol. The number of likely N-dealkylation sites (N-methyl/N-ethyl adjacent to an activating group) is 1. The van der Waals surface area contributed by atoms with Gasteiger partial charge in [-0.2, -0.15) is 0 Å². The molecular weight excluding hydrogens is 202 g/mol. The van der Waals surface area contributed by atoms with Crippen LogP contribution in [0, 0.1) is 6.92 Å². The van der Waals surface area contributed by atoms with Gasteiger partial charge >= 0.3 is 0 Å². The minimum atomic E-state index is 0.0172. The normalized spacial score (nSPS) is 12.2. The minimum Gasteiger partial charge on any atom is -0.352 e. The number of pyridine rings is 1. The molecule has 1 rings (SSSR count). The molecular formula is C12H19N3O. The van der Waals surface area contributed by atoms with Gasteiger partial charge in [0.1, 0.15) is 0 Å². The van der Waals surface area contributed by atoms with Crippen LogP contribution in [0.25, 0.3) is 0 Å². The standard InChI is InChI=1S/C12H19N3O/c1-9-5-4-6-14-11(9)7-10(2)15-12(16)8-13-3/h4-6,10,13H,7-8H2,1-3H3,(H,15,16). The van der Waals surface area contributed by atoms with E-state index in [1.54, 1.807) is 13.2 Å². The number of hydrogen-bond donors (Lipinski definition) is 2. The third kappa shape index (κ3) is 3.98. The Hall–Kier alpha value is -1.42. The van der Waals surface area contributed by atoms with Crippen molar-refractivity contribution in [3.8, 4) is 0 Å². The summed E-state index contributed by atoms with van der Waals surface area (Å²) in [6.45, 7) is 4.37. The number of aryl methyl sites for hydroxylation is 1. The Balaban J connectivity index is 2.48. The van der Waals surface area contributed by atoms with E-state index in [2.05, 4.69) is 15.6 Å². The molecule has 1 amide bonds. The van der Waals surface area contributed by atoms with E-state index < -0.39 is 0 Å². The van der Waals surface area contributed by atoms with E-state index in [4.69, 9.17) is 0 Å². The predicted molar refractivity (Wildman–Crippen MR) is 64.2 cm³/mol. The van der Waals surface area contributed by atoms with Crippen LogP contribution in [-0.2, 0) is 11.2 Å². The fraction of sp³-hybridized carbons (Fsp3) is 0.500. The lowest BCUT2D eigenvalue weighted by Crippen LogP contribution is -2.39. The highest BCUT2D eigenvalue weighted by Gasteiger charge is 2.09. The third-order valence-electron chi connectivity index (χ3n) is 2.36. The fourth-order valence-electron chi connectivity index (χ4n) is 1.56. The van der Waals surface area contributed by atoms with Crippen molar-refractivity contribution in [1.29, 1.82) is 0 Å². The van der Waals surface area contributed by atoms with Crippen molar-refractivity contribution >= 4 is 5.91 Å². The smallest absolute Gasteiger partial charge is 0.234 e. The Labute approximate surface area is 96.5 Å². The van der Waals surface area contributed by atoms with Gasteiger partial charge in [0.2, 0.25) is 5.91 Å². The highest BCUT2D eigenvalue weighted by atomic mass is 16.1. The van der Waals surface area contributed by atoms with Crippen LogP contribution in [0.2, 0.25) is 0 Å². The van der Waals surface area contributed by atoms with E-state index in [-0.39, 0.29) is 11.9 Å². The zero-order valence-electron chi connectivity index (χ0n) is 10.1. The molecule has 4 heteroatoms. The van der Waals surface area contributed by atoms with Gasteiger partial charge < -0.3 is 10.6 Å². The molecule has 0 saturated heterocycles. The van der Waals surface area contributed by atoms with Crippen LogP contribution in [0.5, 0.6) is 0 Å². The van der Waals surface area contributed by atoms with Gasteiger partial charge in [-0.3, -0.25) is 9.78 Å². The third-order valence-corrected chi connectivity index (χ3v) is 2.36. The molecule has 1 heterocycles. The Kier molecular flexibility index (Phi) is 4.92. The van der Waals surface area contributed by atoms with Crippen molar-refractivity contribution in [3.63, 3.8) is 0 Å². The topological polar surface area (TPSA) is 54.0 Å². The Morgan fingerprint density at radius 2 is 2.31 bits per heavy atom. The Morgan fingerprint density at radius 1 is 1.56 bits per heavy atom. The number of nitrogens with zero attached hydrogens (tertiary/aromatic N) is 1. The molecule has 0 aromatic carbocycles. The van der Waals surface area contributed by atoms with E-state index in [9.17, 15) is 4.79 Å². The van der Waals surface area contributed by atoms with E-state index >= 15 is 0 Å². The summed E-state index contributed by atoms with van der Waals surface area (Å²) in [6, 6.07) is 4.06. The molecule has 1 atom stereocenters. The second-order valence-corrected chi connectivity index (χ2v) is 3.97. The lowest BCUT2D eigenvalue weighted by molar-refractivity contribution is -0.120. The van der Waals surface area contributed by atoms with Gasteiger partial charge in [-0.25, -0.2) is 0 Å². The molecule has 2 N–H and O–H groups in total. The molecule has 16 heavy (non-hydrogen) atoms. The summed E-state index contributed by atoms with van der Waals surface area (Å²) in [5.74, 6) is 0.0172. The number of aromatic nitrogens is 1. The average Bonchev–Trinajstić information content (AvgIpc) is 2.21. The quantitative estimate of drug-likeness (QED) is 0.768. The molecule has 0 spiro atoms. The minimum absolute atomic E-state index is 0.0172. The van der Waals surface area contributed by atoms with Crippen LogP contribution in [0.4, 0.5) is 0 Å². The number of nitrogens with one attached hydrogen (secondary N) is 2. The summed E-state index contributed by atoms with van der Waals surface area (Å²) in [7, 11) is 1.76. The molecule has 1 aromatic heterocycles. The van der Waals surface area contributed by atoms with Crippen LogP contribution in [0.15, 0.2) is 18.3 Å². The Morgan fingerprint density at radius 3 is 2.94 bits per heavy atom. The maximum Gasteiger partial charge on any atom is 0.234 e. The molecule has 0 fully saturated rings. The van der Waals surface area contributed by atoms with Crippen LogP contribution in [0.1, 0.15) is 18.2 Å². The van der Waals surface area contributed by atoms with Gasteiger partial charge in [0.25, 0.3) is 0 Å². The van der Waals surface area contributed by atoms with E-state index in [1.165, 1.54) is 0 Å². The summed E-state index contributed by atoms with van der Waals surface area (Å²) in [5, 5.41) is 5.74. The second kappa shape index (κ2) is 6.23. The first-order valence-corrected chi connectivity index (χ1v) is 5.48. The first-order chi connectivity index (χ1) is 7.63. The zero-order chi connectivity index (χ0) is 12.0. The number of carbonyl (C=O) groups excluding carboxylic acids is 1. The van der Waals surface area contributed by atoms with Gasteiger partial charge in [-0.1, -0.05) is 6.07 Å². The molecule has 0 aliphatic carbocycles. The summed E-state index contributed by atoms with van der Waals surface area (Å²) in [4.78, 5) is 15.6. The van der Waals surface area contributed by atoms with Crippen molar-refractivity contribution in [2.75, 3.05) is 13.6 Å². The second-order valence-electron chi connectivity index (χ2n) is 3.97. The maximum atomic E-state index is 11.3. The van der Waals surface area contributed by atoms with Crippen LogP contribution in [-0.4, -0.2) is 30.5 Å². The lowest BCUT2D eigenvalue weighted by Gasteiger charge is -2.14. The van der Waals surface area contributed by atoms with Crippen molar-refractivity contribution in [2.45, 2.75) is 26.3 Å². The number of carbonyl (C=O) groups is 1. The van der Waals surface area contributed by atoms with Gasteiger partial charge in [0, 0.05) is 24.4 Å². The summed E-state index contributed by atoms with van der Waals surface area (Å²) in [6.07, 6.45) is 2.55. The zero-order valence-corrected chi connectivity index (χ0v) is 10.1. The molecule has 4 nitrogen and oxygen atoms in total. The van der Waals surface area contributed by atoms with Crippen LogP contribution in [0.3, 0.4) is 0 Å². The highest BCUT2D eigenvalue weighted by molar-refractivity contribution is 5.78. The van der Waals surface area contributed by atoms with Gasteiger partial charge in [0.05, 0.1) is 6.54 Å². The van der Waals surface area contributed by atoms with E-state index in [0.717, 1.165) is 17.7 Å². The first-order valence-electron chi connectivity index (χ1n) is 5.48. The largest absolute Gasteiger partial charge is 0.352 e. The molecule has 0 bridgehead atoms. The van der Waals surface area contributed by atoms with Gasteiger partial charge in [-0.05, 0) is 32.5 Å². The maximum absolute atomic E-state index is 11.3. The highest BCUT2D eigenvalue weighted by Crippen LogP contribution is 2.05. The molecule has 0 aliphatic rings. The summed E-state index contributed by atoms with van der Waals surface area (Å²) in [5.41, 5.74) is 2.21. The molecule has 0 radical (unpaired) electrons. The van der Waals surface area contributed by atoms with Gasteiger partial charge in [-0.15, -0.1) is 0 Å². The van der Waals surface area contributed by atoms with Crippen LogP contribution < -0.4 is 10.6 Å². The summed E-state index contributed by atoms with van der Waals surface area (Å²) >= 11 is 0. The average molecular weight is 221 g/mol. The summed E-state index contributed by atoms with van der Waals surface area (Å²) < 4.78 is 0. The SMILES string of the molecule is CNCC(=O)NC(C)Cc1ncccc1C. The van der Waals surface area contributed by atoms with E-state index in [0.29, 0.717) is 6.54 Å². The molecule has 0 saturated carbocycles. The number of amides is 1. The molecule has 88 valence electrons.